The summed E-state index contributed by atoms with van der Waals surface area (Å²) in [6, 6.07) is 38.9. The Hall–Kier alpha value is -6.28. The predicted molar refractivity (Wildman–Crippen MR) is 246 cm³/mol. The molecular formula is C51H51FN6O5Si. The first-order valence-corrected chi connectivity index (χ1v) is 25.2. The van der Waals surface area contributed by atoms with E-state index in [1.807, 2.05) is 128 Å². The number of halogens is 1. The minimum absolute atomic E-state index is 0.0317. The lowest BCUT2D eigenvalue weighted by Crippen LogP contribution is -2.45. The molecule has 0 radical (unpaired) electrons. The summed E-state index contributed by atoms with van der Waals surface area (Å²) in [6.45, 7) is 5.75. The van der Waals surface area contributed by atoms with Crippen molar-refractivity contribution in [2.45, 2.75) is 88.4 Å². The van der Waals surface area contributed by atoms with Crippen LogP contribution in [0.25, 0.3) is 0 Å². The molecule has 0 aliphatic carbocycles. The maximum Gasteiger partial charge on any atom is 0.264 e. The fourth-order valence-electron chi connectivity index (χ4n) is 10.9. The number of hydrogen-bond donors (Lipinski definition) is 1. The molecule has 1 saturated heterocycles. The standard InChI is InChI=1S/C51H51FN6O5Si/c1-33-49(64(2,3)52)46(27-28-55-31-42(53-54-55)40(32-59)35-11-5-4-6-12-35)63-51(33)41-29-39(58-44-16-10-8-14-37(44)20-26-48(58)61)23-24-45(41)56(50(51)62)30-34-17-21-38(22-18-34)57-43-15-9-7-13-36(43)19-25-47(57)60/h4-18,21-24,29,31,33,40,46,49,59H,19-20,25-28,30,32H2,1-3H3/t33-,40?,46+,49-,51+/m0/s1. The van der Waals surface area contributed by atoms with Gasteiger partial charge < -0.3 is 18.9 Å². The fraction of sp³-hybridized carbons (Fsp3) is 0.314. The number of carbonyl (C=O) groups excluding carboxylic acids is 3. The van der Waals surface area contributed by atoms with Gasteiger partial charge in [-0.05, 0) is 97.1 Å². The molecular weight excluding hydrogens is 824 g/mol. The molecule has 5 aromatic carbocycles. The first kappa shape index (κ1) is 41.7. The molecule has 5 atom stereocenters. The zero-order valence-electron chi connectivity index (χ0n) is 36.2. The highest BCUT2D eigenvalue weighted by Gasteiger charge is 2.66. The summed E-state index contributed by atoms with van der Waals surface area (Å²) in [4.78, 5) is 47.7. The number of rotatable bonds is 11. The molecule has 0 saturated carbocycles. The van der Waals surface area contributed by atoms with Gasteiger partial charge in [-0.2, -0.15) is 0 Å². The van der Waals surface area contributed by atoms with Crippen LogP contribution in [-0.2, 0) is 50.7 Å². The molecule has 1 spiro atoms. The van der Waals surface area contributed by atoms with Gasteiger partial charge in [0.05, 0.1) is 47.9 Å². The number of fused-ring (bicyclic) bond motifs is 4. The largest absolute Gasteiger partial charge is 0.395 e. The van der Waals surface area contributed by atoms with Crippen LogP contribution in [0.1, 0.15) is 65.6 Å². The number of aliphatic hydroxyl groups is 1. The van der Waals surface area contributed by atoms with E-state index in [1.165, 1.54) is 0 Å². The number of nitrogens with zero attached hydrogens (tertiary/aromatic N) is 6. The minimum Gasteiger partial charge on any atom is -0.395 e. The Balaban J connectivity index is 1.00. The topological polar surface area (TPSA) is 121 Å². The minimum atomic E-state index is -3.52. The van der Waals surface area contributed by atoms with Crippen molar-refractivity contribution < 1.29 is 28.3 Å². The second kappa shape index (κ2) is 16.4. The first-order valence-electron chi connectivity index (χ1n) is 22.3. The number of benzene rings is 5. The number of ether oxygens (including phenoxy) is 1. The smallest absolute Gasteiger partial charge is 0.264 e. The summed E-state index contributed by atoms with van der Waals surface area (Å²) in [5.74, 6) is -1.19. The van der Waals surface area contributed by atoms with Gasteiger partial charge in [-0.3, -0.25) is 28.9 Å². The average Bonchev–Trinajstić information content (AvgIpc) is 3.96. The van der Waals surface area contributed by atoms with Crippen LogP contribution in [0.4, 0.5) is 32.5 Å². The van der Waals surface area contributed by atoms with Crippen LogP contribution in [0.2, 0.25) is 18.6 Å². The van der Waals surface area contributed by atoms with Crippen LogP contribution >= 0.6 is 0 Å². The summed E-state index contributed by atoms with van der Waals surface area (Å²) < 4.78 is 25.8. The van der Waals surface area contributed by atoms with Crippen molar-refractivity contribution in [1.29, 1.82) is 0 Å². The van der Waals surface area contributed by atoms with Gasteiger partial charge >= 0.3 is 0 Å². The molecule has 1 fully saturated rings. The fourth-order valence-corrected chi connectivity index (χ4v) is 13.4. The monoisotopic (exact) mass is 874 g/mol. The molecule has 5 heterocycles. The van der Waals surface area contributed by atoms with Gasteiger partial charge in [0.25, 0.3) is 5.91 Å². The SMILES string of the molecule is C[C@H]1[C@H]([Si](C)(C)F)[C@@H](CCn2cc(C(CO)c3ccccc3)nn2)O[C@]12C(=O)N(Cc1ccc(N3C(=O)CCc4ccccc43)cc1)c1ccc(N3C(=O)CCc4ccccc43)cc12. The van der Waals surface area contributed by atoms with Crippen molar-refractivity contribution in [3.05, 3.63) is 161 Å². The Kier molecular flexibility index (Phi) is 10.7. The second-order valence-corrected chi connectivity index (χ2v) is 21.9. The molecule has 11 nitrogen and oxygen atoms in total. The molecule has 4 aliphatic heterocycles. The molecule has 4 aliphatic rings. The van der Waals surface area contributed by atoms with E-state index < -0.39 is 31.6 Å². The Bertz CT molecular complexity index is 2760. The molecule has 6 aromatic rings. The van der Waals surface area contributed by atoms with Gasteiger partial charge in [-0.1, -0.05) is 91.0 Å². The van der Waals surface area contributed by atoms with Gasteiger partial charge in [0.1, 0.15) is 0 Å². The van der Waals surface area contributed by atoms with Gasteiger partial charge in [-0.25, -0.2) is 0 Å². The van der Waals surface area contributed by atoms with Crippen LogP contribution in [-0.4, -0.2) is 58.9 Å². The summed E-state index contributed by atoms with van der Waals surface area (Å²) in [6.07, 6.45) is 3.67. The van der Waals surface area contributed by atoms with Gasteiger partial charge in [0.15, 0.2) is 5.60 Å². The molecule has 0 bridgehead atoms. The number of aryl methyl sites for hydroxylation is 3. The zero-order valence-corrected chi connectivity index (χ0v) is 37.2. The van der Waals surface area contributed by atoms with Crippen LogP contribution in [0.3, 0.4) is 0 Å². The number of aromatic nitrogens is 3. The van der Waals surface area contributed by atoms with Crippen LogP contribution < -0.4 is 14.7 Å². The van der Waals surface area contributed by atoms with Crippen LogP contribution in [0.5, 0.6) is 0 Å². The van der Waals surface area contributed by atoms with Crippen molar-refractivity contribution in [3.63, 3.8) is 0 Å². The highest BCUT2D eigenvalue weighted by atomic mass is 28.4. The van der Waals surface area contributed by atoms with Crippen LogP contribution in [0, 0.1) is 5.92 Å². The van der Waals surface area contributed by atoms with Gasteiger partial charge in [-0.15, -0.1) is 5.10 Å². The predicted octanol–water partition coefficient (Wildman–Crippen LogP) is 9.04. The number of anilines is 5. The number of carbonyl (C=O) groups is 3. The lowest BCUT2D eigenvalue weighted by atomic mass is 9.82. The number of amides is 3. The second-order valence-electron chi connectivity index (χ2n) is 18.1. The van der Waals surface area contributed by atoms with Crippen molar-refractivity contribution in [3.8, 4) is 0 Å². The molecule has 1 N–H and O–H groups in total. The molecule has 3 amide bonds. The van der Waals surface area contributed by atoms with Crippen molar-refractivity contribution in [2.24, 2.45) is 5.92 Å². The van der Waals surface area contributed by atoms with E-state index in [-0.39, 0.29) is 36.8 Å². The third-order valence-corrected chi connectivity index (χ3v) is 16.3. The van der Waals surface area contributed by atoms with Crippen molar-refractivity contribution in [2.75, 3.05) is 21.3 Å². The molecule has 10 rings (SSSR count). The van der Waals surface area contributed by atoms with E-state index in [2.05, 4.69) is 16.4 Å². The first-order chi connectivity index (χ1) is 31.0. The third-order valence-electron chi connectivity index (χ3n) is 13.9. The maximum atomic E-state index is 16.9. The van der Waals surface area contributed by atoms with Gasteiger partial charge in [0, 0.05) is 54.0 Å². The third kappa shape index (κ3) is 7.06. The summed E-state index contributed by atoms with van der Waals surface area (Å²) in [7, 11) is -3.52. The van der Waals surface area contributed by atoms with Crippen molar-refractivity contribution in [1.82, 2.24) is 15.0 Å². The Labute approximate surface area is 373 Å². The zero-order chi connectivity index (χ0) is 44.3. The maximum absolute atomic E-state index is 16.9. The normalized spacial score (nSPS) is 22.2. The highest BCUT2D eigenvalue weighted by molar-refractivity contribution is 6.72. The number of hydrogen-bond acceptors (Lipinski definition) is 7. The average molecular weight is 875 g/mol. The van der Waals surface area contributed by atoms with E-state index in [9.17, 15) is 14.7 Å². The molecule has 1 unspecified atom stereocenters. The summed E-state index contributed by atoms with van der Waals surface area (Å²) in [5.41, 5.74) is 6.81. The van der Waals surface area contributed by atoms with E-state index in [0.29, 0.717) is 61.3 Å². The molecule has 13 heteroatoms. The molecule has 326 valence electrons. The Morgan fingerprint density at radius 3 is 2.03 bits per heavy atom. The van der Waals surface area contributed by atoms with E-state index >= 15 is 8.90 Å². The highest BCUT2D eigenvalue weighted by Crippen LogP contribution is 2.61. The van der Waals surface area contributed by atoms with E-state index in [0.717, 1.165) is 39.3 Å². The van der Waals surface area contributed by atoms with Crippen molar-refractivity contribution >= 4 is 54.6 Å². The van der Waals surface area contributed by atoms with E-state index in [1.54, 1.807) is 32.5 Å². The lowest BCUT2D eigenvalue weighted by molar-refractivity contribution is -0.146. The molecule has 64 heavy (non-hydrogen) atoms. The van der Waals surface area contributed by atoms with E-state index in [4.69, 9.17) is 4.74 Å². The number of para-hydroxylation sites is 2. The molecule has 1 aromatic heterocycles. The summed E-state index contributed by atoms with van der Waals surface area (Å²) in [5, 5.41) is 19.1. The number of aliphatic hydroxyl groups excluding tert-OH is 1. The van der Waals surface area contributed by atoms with Gasteiger partial charge in [0.2, 0.25) is 20.2 Å². The Morgan fingerprint density at radius 1 is 0.781 bits per heavy atom. The quantitative estimate of drug-likeness (QED) is 0.102. The summed E-state index contributed by atoms with van der Waals surface area (Å²) >= 11 is 0. The lowest BCUT2D eigenvalue weighted by Gasteiger charge is -2.32. The van der Waals surface area contributed by atoms with Crippen LogP contribution in [0.15, 0.2) is 128 Å². The Morgan fingerprint density at radius 2 is 1.39 bits per heavy atom.